The van der Waals surface area contributed by atoms with E-state index in [0.29, 0.717) is 19.3 Å². The van der Waals surface area contributed by atoms with Crippen molar-refractivity contribution in [2.24, 2.45) is 0 Å². The van der Waals surface area contributed by atoms with E-state index >= 15 is 0 Å². The number of ether oxygens (including phenoxy) is 2. The highest BCUT2D eigenvalue weighted by Crippen LogP contribution is 2.15. The smallest absolute Gasteiger partial charge is 0.119 e. The summed E-state index contributed by atoms with van der Waals surface area (Å²) in [6, 6.07) is 8.77. The second kappa shape index (κ2) is 9.03. The van der Waals surface area contributed by atoms with E-state index in [2.05, 4.69) is 29.4 Å². The standard InChI is InChI=1S/C17H28N2O2/c1-18-13-15-6-5-8-17(12-15)21-11-10-20-14-16-7-3-4-9-19(16)2/h5-6,8,12,16,18H,3-4,7,9-11,13-14H2,1-2H3. The van der Waals surface area contributed by atoms with Crippen LogP contribution in [-0.4, -0.2) is 51.4 Å². The number of hydrogen-bond donors (Lipinski definition) is 1. The molecule has 1 unspecified atom stereocenters. The van der Waals surface area contributed by atoms with Crippen LogP contribution >= 0.6 is 0 Å². The van der Waals surface area contributed by atoms with Crippen LogP contribution in [0.4, 0.5) is 0 Å². The summed E-state index contributed by atoms with van der Waals surface area (Å²) in [7, 11) is 4.14. The van der Waals surface area contributed by atoms with E-state index in [4.69, 9.17) is 9.47 Å². The normalized spacial score (nSPS) is 19.6. The van der Waals surface area contributed by atoms with Crippen LogP contribution in [0.5, 0.6) is 5.75 Å². The topological polar surface area (TPSA) is 33.7 Å². The summed E-state index contributed by atoms with van der Waals surface area (Å²) in [6.07, 6.45) is 3.90. The fourth-order valence-corrected chi connectivity index (χ4v) is 2.74. The largest absolute Gasteiger partial charge is 0.491 e. The lowest BCUT2D eigenvalue weighted by Crippen LogP contribution is -2.39. The van der Waals surface area contributed by atoms with Gasteiger partial charge in [0.2, 0.25) is 0 Å². The summed E-state index contributed by atoms with van der Waals surface area (Å²) in [5, 5.41) is 3.14. The summed E-state index contributed by atoms with van der Waals surface area (Å²) >= 11 is 0. The summed E-state index contributed by atoms with van der Waals surface area (Å²) in [5.41, 5.74) is 1.24. The summed E-state index contributed by atoms with van der Waals surface area (Å²) in [6.45, 7) is 4.14. The Hall–Kier alpha value is -1.10. The lowest BCUT2D eigenvalue weighted by atomic mass is 10.0. The Labute approximate surface area is 128 Å². The molecular formula is C17H28N2O2. The maximum atomic E-state index is 5.76. The molecule has 118 valence electrons. The van der Waals surface area contributed by atoms with Crippen molar-refractivity contribution in [2.45, 2.75) is 31.8 Å². The first-order valence-electron chi connectivity index (χ1n) is 7.94. The second-order valence-electron chi connectivity index (χ2n) is 5.73. The van der Waals surface area contributed by atoms with Gasteiger partial charge in [-0.3, -0.25) is 0 Å². The van der Waals surface area contributed by atoms with Crippen LogP contribution in [0.3, 0.4) is 0 Å². The maximum absolute atomic E-state index is 5.76. The predicted octanol–water partition coefficient (Wildman–Crippen LogP) is 2.29. The molecule has 0 aliphatic carbocycles. The van der Waals surface area contributed by atoms with Gasteiger partial charge in [-0.2, -0.15) is 0 Å². The van der Waals surface area contributed by atoms with Crippen molar-refractivity contribution in [2.75, 3.05) is 40.5 Å². The number of hydrogen-bond acceptors (Lipinski definition) is 4. The molecule has 0 aromatic heterocycles. The Balaban J connectivity index is 1.62. The average molecular weight is 292 g/mol. The van der Waals surface area contributed by atoms with Crippen LogP contribution in [0.25, 0.3) is 0 Å². The molecule has 0 spiro atoms. The molecule has 2 rings (SSSR count). The van der Waals surface area contributed by atoms with Crippen LogP contribution in [0, 0.1) is 0 Å². The van der Waals surface area contributed by atoms with Gasteiger partial charge in [-0.15, -0.1) is 0 Å². The number of nitrogens with one attached hydrogen (secondary N) is 1. The van der Waals surface area contributed by atoms with Gasteiger partial charge in [0, 0.05) is 12.6 Å². The summed E-state index contributed by atoms with van der Waals surface area (Å²) in [5.74, 6) is 0.918. The van der Waals surface area contributed by atoms with E-state index in [-0.39, 0.29) is 0 Å². The first-order valence-corrected chi connectivity index (χ1v) is 7.94. The van der Waals surface area contributed by atoms with Gasteiger partial charge in [0.1, 0.15) is 12.4 Å². The van der Waals surface area contributed by atoms with E-state index in [0.717, 1.165) is 18.9 Å². The molecule has 0 bridgehead atoms. The van der Waals surface area contributed by atoms with Gasteiger partial charge in [0.05, 0.1) is 13.2 Å². The zero-order valence-electron chi connectivity index (χ0n) is 13.3. The van der Waals surface area contributed by atoms with Crippen molar-refractivity contribution in [1.29, 1.82) is 0 Å². The fraction of sp³-hybridized carbons (Fsp3) is 0.647. The minimum absolute atomic E-state index is 0.581. The Morgan fingerprint density at radius 2 is 2.19 bits per heavy atom. The Morgan fingerprint density at radius 3 is 3.00 bits per heavy atom. The minimum atomic E-state index is 0.581. The molecule has 4 nitrogen and oxygen atoms in total. The molecule has 1 aliphatic rings. The van der Waals surface area contributed by atoms with Gasteiger partial charge < -0.3 is 19.7 Å². The van der Waals surface area contributed by atoms with E-state index in [1.165, 1.54) is 31.4 Å². The molecule has 1 saturated heterocycles. The highest BCUT2D eigenvalue weighted by molar-refractivity contribution is 5.28. The number of likely N-dealkylation sites (N-methyl/N-ethyl adjacent to an activating group) is 1. The van der Waals surface area contributed by atoms with Crippen molar-refractivity contribution in [3.8, 4) is 5.75 Å². The van der Waals surface area contributed by atoms with Gasteiger partial charge >= 0.3 is 0 Å². The Kier molecular flexibility index (Phi) is 7.00. The molecule has 1 aromatic rings. The maximum Gasteiger partial charge on any atom is 0.119 e. The zero-order chi connectivity index (χ0) is 14.9. The highest BCUT2D eigenvalue weighted by atomic mass is 16.5. The van der Waals surface area contributed by atoms with Gasteiger partial charge in [-0.05, 0) is 51.2 Å². The van der Waals surface area contributed by atoms with Crippen molar-refractivity contribution < 1.29 is 9.47 Å². The van der Waals surface area contributed by atoms with Crippen molar-refractivity contribution in [3.63, 3.8) is 0 Å². The lowest BCUT2D eigenvalue weighted by molar-refractivity contribution is 0.0391. The van der Waals surface area contributed by atoms with E-state index in [1.807, 2.05) is 19.2 Å². The second-order valence-corrected chi connectivity index (χ2v) is 5.73. The van der Waals surface area contributed by atoms with E-state index < -0.39 is 0 Å². The first kappa shape index (κ1) is 16.3. The quantitative estimate of drug-likeness (QED) is 0.745. The molecule has 1 heterocycles. The molecular weight excluding hydrogens is 264 g/mol. The van der Waals surface area contributed by atoms with Crippen LogP contribution in [0.15, 0.2) is 24.3 Å². The number of nitrogens with zero attached hydrogens (tertiary/aromatic N) is 1. The molecule has 21 heavy (non-hydrogen) atoms. The van der Waals surface area contributed by atoms with Crippen molar-refractivity contribution >= 4 is 0 Å². The third-order valence-corrected chi connectivity index (χ3v) is 4.01. The number of piperidine rings is 1. The van der Waals surface area contributed by atoms with Crippen LogP contribution in [0.1, 0.15) is 24.8 Å². The monoisotopic (exact) mass is 292 g/mol. The van der Waals surface area contributed by atoms with Crippen LogP contribution in [0.2, 0.25) is 0 Å². The SMILES string of the molecule is CNCc1cccc(OCCOCC2CCCCN2C)c1. The molecule has 0 saturated carbocycles. The third-order valence-electron chi connectivity index (χ3n) is 4.01. The molecule has 1 N–H and O–H groups in total. The number of rotatable bonds is 8. The predicted molar refractivity (Wildman–Crippen MR) is 85.8 cm³/mol. The third kappa shape index (κ3) is 5.65. The Morgan fingerprint density at radius 1 is 1.29 bits per heavy atom. The zero-order valence-corrected chi connectivity index (χ0v) is 13.3. The average Bonchev–Trinajstić information content (AvgIpc) is 2.49. The molecule has 1 aliphatic heterocycles. The first-order chi connectivity index (χ1) is 10.3. The number of benzene rings is 1. The molecule has 1 aromatic carbocycles. The van der Waals surface area contributed by atoms with Gasteiger partial charge in [-0.1, -0.05) is 18.6 Å². The molecule has 1 fully saturated rings. The lowest BCUT2D eigenvalue weighted by Gasteiger charge is -2.32. The van der Waals surface area contributed by atoms with Crippen molar-refractivity contribution in [3.05, 3.63) is 29.8 Å². The molecule has 0 amide bonds. The van der Waals surface area contributed by atoms with Crippen LogP contribution in [-0.2, 0) is 11.3 Å². The molecule has 0 radical (unpaired) electrons. The Bertz CT molecular complexity index is 412. The van der Waals surface area contributed by atoms with E-state index in [1.54, 1.807) is 0 Å². The molecule has 1 atom stereocenters. The van der Waals surface area contributed by atoms with Gasteiger partial charge in [-0.25, -0.2) is 0 Å². The van der Waals surface area contributed by atoms with Crippen LogP contribution < -0.4 is 10.1 Å². The van der Waals surface area contributed by atoms with Gasteiger partial charge in [0.25, 0.3) is 0 Å². The fourth-order valence-electron chi connectivity index (χ4n) is 2.74. The summed E-state index contributed by atoms with van der Waals surface area (Å²) in [4.78, 5) is 2.41. The minimum Gasteiger partial charge on any atom is -0.491 e. The van der Waals surface area contributed by atoms with E-state index in [9.17, 15) is 0 Å². The molecule has 4 heteroatoms. The highest BCUT2D eigenvalue weighted by Gasteiger charge is 2.18. The summed E-state index contributed by atoms with van der Waals surface area (Å²) < 4.78 is 11.5. The van der Waals surface area contributed by atoms with Crippen molar-refractivity contribution in [1.82, 2.24) is 10.2 Å². The van der Waals surface area contributed by atoms with Gasteiger partial charge in [0.15, 0.2) is 0 Å². The number of likely N-dealkylation sites (tertiary alicyclic amines) is 1.